The molecule has 84 valence electrons. The molecule has 0 N–H and O–H groups in total. The molecule has 0 fully saturated rings. The summed E-state index contributed by atoms with van der Waals surface area (Å²) in [6.45, 7) is 2.91. The Morgan fingerprint density at radius 3 is 2.56 bits per heavy atom. The molecule has 1 aromatic carbocycles. The van der Waals surface area contributed by atoms with Crippen molar-refractivity contribution in [1.29, 1.82) is 0 Å². The molecule has 2 aromatic rings. The molecule has 0 saturated carbocycles. The molecule has 0 unspecified atom stereocenters. The van der Waals surface area contributed by atoms with E-state index < -0.39 is 0 Å². The first kappa shape index (κ1) is 13.5. The largest absolute Gasteiger partial charge is 1.00 e. The first-order chi connectivity index (χ1) is 7.25. The number of halogens is 2. The van der Waals surface area contributed by atoms with E-state index in [9.17, 15) is 0 Å². The highest BCUT2D eigenvalue weighted by molar-refractivity contribution is 6.31. The zero-order chi connectivity index (χ0) is 10.7. The minimum absolute atomic E-state index is 0. The van der Waals surface area contributed by atoms with E-state index in [1.54, 1.807) is 0 Å². The lowest BCUT2D eigenvalue weighted by atomic mass is 10.2. The van der Waals surface area contributed by atoms with Gasteiger partial charge in [0.1, 0.15) is 0 Å². The molecule has 0 saturated heterocycles. The van der Waals surface area contributed by atoms with E-state index in [0.717, 1.165) is 17.1 Å². The summed E-state index contributed by atoms with van der Waals surface area (Å²) >= 11 is 6.10. The second-order valence-corrected chi connectivity index (χ2v) is 4.05. The Morgan fingerprint density at radius 2 is 1.88 bits per heavy atom. The second-order valence-electron chi connectivity index (χ2n) is 3.65. The quantitative estimate of drug-likeness (QED) is 0.532. The van der Waals surface area contributed by atoms with Crippen LogP contribution in [-0.2, 0) is 6.54 Å². The Balaban J connectivity index is 0.00000128. The van der Waals surface area contributed by atoms with Crippen LogP contribution in [0.5, 0.6) is 0 Å². The molecule has 1 nitrogen and oxygen atoms in total. The maximum Gasteiger partial charge on any atom is 0.175 e. The standard InChI is InChI=1S/C13H13ClN.HI/c1-11-5-4-8-15(9-11)10-12-6-2-3-7-13(12)14;/h2-9H,10H2,1H3;1H/q+1;/p-1. The summed E-state index contributed by atoms with van der Waals surface area (Å²) in [5, 5.41) is 0.825. The summed E-state index contributed by atoms with van der Waals surface area (Å²) in [5.74, 6) is 0. The Labute approximate surface area is 118 Å². The molecule has 1 heterocycles. The van der Waals surface area contributed by atoms with E-state index in [1.807, 2.05) is 24.3 Å². The van der Waals surface area contributed by atoms with Crippen molar-refractivity contribution in [3.05, 3.63) is 64.9 Å². The molecule has 0 radical (unpaired) electrons. The lowest BCUT2D eigenvalue weighted by molar-refractivity contribution is -0.688. The maximum absolute atomic E-state index is 6.10. The lowest BCUT2D eigenvalue weighted by Gasteiger charge is -2.00. The first-order valence-electron chi connectivity index (χ1n) is 4.95. The zero-order valence-corrected chi connectivity index (χ0v) is 11.9. The Hall–Kier alpha value is -0.610. The smallest absolute Gasteiger partial charge is 0.175 e. The van der Waals surface area contributed by atoms with Gasteiger partial charge in [0.15, 0.2) is 18.9 Å². The molecule has 0 aliphatic rings. The van der Waals surface area contributed by atoms with Gasteiger partial charge >= 0.3 is 0 Å². The van der Waals surface area contributed by atoms with Crippen molar-refractivity contribution >= 4 is 11.6 Å². The van der Waals surface area contributed by atoms with Gasteiger partial charge in [-0.15, -0.1) is 0 Å². The van der Waals surface area contributed by atoms with Crippen LogP contribution in [0, 0.1) is 6.92 Å². The van der Waals surface area contributed by atoms with Crippen LogP contribution in [0.2, 0.25) is 5.02 Å². The first-order valence-corrected chi connectivity index (χ1v) is 5.32. The van der Waals surface area contributed by atoms with Crippen LogP contribution in [0.25, 0.3) is 0 Å². The average molecular weight is 346 g/mol. The number of aromatic nitrogens is 1. The SMILES string of the molecule is Cc1ccc[n+](Cc2ccccc2Cl)c1.[I-]. The molecule has 1 aromatic heterocycles. The molecule has 2 rings (SSSR count). The summed E-state index contributed by atoms with van der Waals surface area (Å²) in [6.07, 6.45) is 4.17. The summed E-state index contributed by atoms with van der Waals surface area (Å²) in [5.41, 5.74) is 2.40. The third-order valence-electron chi connectivity index (χ3n) is 2.32. The second kappa shape index (κ2) is 6.21. The Morgan fingerprint density at radius 1 is 1.12 bits per heavy atom. The molecule has 0 aliphatic heterocycles. The number of pyridine rings is 1. The zero-order valence-electron chi connectivity index (χ0n) is 9.03. The van der Waals surface area contributed by atoms with Crippen molar-refractivity contribution in [3.63, 3.8) is 0 Å². The van der Waals surface area contributed by atoms with E-state index in [0.29, 0.717) is 0 Å². The minimum atomic E-state index is 0. The van der Waals surface area contributed by atoms with Gasteiger partial charge in [0, 0.05) is 17.2 Å². The van der Waals surface area contributed by atoms with Crippen LogP contribution in [-0.4, -0.2) is 0 Å². The van der Waals surface area contributed by atoms with Gasteiger partial charge in [-0.3, -0.25) is 0 Å². The highest BCUT2D eigenvalue weighted by Crippen LogP contribution is 2.14. The maximum atomic E-state index is 6.10. The molecule has 0 atom stereocenters. The number of benzene rings is 1. The monoisotopic (exact) mass is 345 g/mol. The molecule has 0 bridgehead atoms. The van der Waals surface area contributed by atoms with Crippen molar-refractivity contribution in [3.8, 4) is 0 Å². The summed E-state index contributed by atoms with van der Waals surface area (Å²) in [6, 6.07) is 12.1. The predicted octanol–water partition coefficient (Wildman–Crippen LogP) is -0.0118. The van der Waals surface area contributed by atoms with E-state index in [2.05, 4.69) is 36.0 Å². The Bertz CT molecular complexity index is 471. The van der Waals surface area contributed by atoms with Crippen molar-refractivity contribution in [1.82, 2.24) is 0 Å². The normalized spacial score (nSPS) is 9.62. The molecule has 0 spiro atoms. The van der Waals surface area contributed by atoms with Gasteiger partial charge in [0.2, 0.25) is 0 Å². The third kappa shape index (κ3) is 3.46. The number of nitrogens with zero attached hydrogens (tertiary/aromatic N) is 1. The molecule has 16 heavy (non-hydrogen) atoms. The predicted molar refractivity (Wildman–Crippen MR) is 61.9 cm³/mol. The van der Waals surface area contributed by atoms with Crippen LogP contribution in [0.4, 0.5) is 0 Å². The van der Waals surface area contributed by atoms with Crippen LogP contribution in [0.3, 0.4) is 0 Å². The minimum Gasteiger partial charge on any atom is -1.00 e. The van der Waals surface area contributed by atoms with Crippen LogP contribution in [0.15, 0.2) is 48.8 Å². The van der Waals surface area contributed by atoms with Gasteiger partial charge in [0.25, 0.3) is 0 Å². The lowest BCUT2D eigenvalue weighted by Crippen LogP contribution is -3.00. The fraction of sp³-hybridized carbons (Fsp3) is 0.154. The van der Waals surface area contributed by atoms with Crippen LogP contribution in [0.1, 0.15) is 11.1 Å². The Kier molecular flexibility index (Phi) is 5.22. The summed E-state index contributed by atoms with van der Waals surface area (Å²) in [7, 11) is 0. The number of hydrogen-bond acceptors (Lipinski definition) is 0. The highest BCUT2D eigenvalue weighted by Gasteiger charge is 2.05. The van der Waals surface area contributed by atoms with Gasteiger partial charge in [-0.05, 0) is 19.1 Å². The van der Waals surface area contributed by atoms with Crippen molar-refractivity contribution in [2.45, 2.75) is 13.5 Å². The molecular weight excluding hydrogens is 333 g/mol. The molecular formula is C13H13ClIN. The van der Waals surface area contributed by atoms with Crippen LogP contribution < -0.4 is 28.5 Å². The van der Waals surface area contributed by atoms with E-state index in [-0.39, 0.29) is 24.0 Å². The average Bonchev–Trinajstić information content (AvgIpc) is 2.22. The topological polar surface area (TPSA) is 3.88 Å². The van der Waals surface area contributed by atoms with Crippen molar-refractivity contribution < 1.29 is 28.5 Å². The summed E-state index contributed by atoms with van der Waals surface area (Å²) < 4.78 is 2.14. The third-order valence-corrected chi connectivity index (χ3v) is 2.69. The van der Waals surface area contributed by atoms with Gasteiger partial charge in [-0.2, -0.15) is 0 Å². The van der Waals surface area contributed by atoms with Gasteiger partial charge in [-0.1, -0.05) is 29.8 Å². The van der Waals surface area contributed by atoms with Gasteiger partial charge in [-0.25, -0.2) is 4.57 Å². The van der Waals surface area contributed by atoms with Crippen molar-refractivity contribution in [2.75, 3.05) is 0 Å². The number of aryl methyl sites for hydroxylation is 1. The van der Waals surface area contributed by atoms with E-state index in [1.165, 1.54) is 5.56 Å². The van der Waals surface area contributed by atoms with Crippen LogP contribution >= 0.6 is 11.6 Å². The van der Waals surface area contributed by atoms with Crippen molar-refractivity contribution in [2.24, 2.45) is 0 Å². The number of rotatable bonds is 2. The molecule has 0 aliphatic carbocycles. The van der Waals surface area contributed by atoms with Gasteiger partial charge < -0.3 is 24.0 Å². The molecule has 0 amide bonds. The van der Waals surface area contributed by atoms with E-state index >= 15 is 0 Å². The number of hydrogen-bond donors (Lipinski definition) is 0. The highest BCUT2D eigenvalue weighted by atomic mass is 127. The fourth-order valence-corrected chi connectivity index (χ4v) is 1.77. The van der Waals surface area contributed by atoms with Gasteiger partial charge in [0.05, 0.1) is 5.02 Å². The molecule has 3 heteroatoms. The fourth-order valence-electron chi connectivity index (χ4n) is 1.57. The summed E-state index contributed by atoms with van der Waals surface area (Å²) in [4.78, 5) is 0. The van der Waals surface area contributed by atoms with E-state index in [4.69, 9.17) is 11.6 Å².